The first kappa shape index (κ1) is 17.4. The third-order valence-electron chi connectivity index (χ3n) is 4.30. The van der Waals surface area contributed by atoms with Crippen LogP contribution in [0.3, 0.4) is 0 Å². The number of allylic oxidation sites excluding steroid dienone is 1. The number of nitrogens with zero attached hydrogens (tertiary/aromatic N) is 3. The zero-order valence-electron chi connectivity index (χ0n) is 13.7. The number of halogens is 2. The van der Waals surface area contributed by atoms with E-state index in [2.05, 4.69) is 83.5 Å². The van der Waals surface area contributed by atoms with Crippen molar-refractivity contribution in [3.8, 4) is 11.4 Å². The highest BCUT2D eigenvalue weighted by atomic mass is 127. The van der Waals surface area contributed by atoms with Crippen LogP contribution in [-0.2, 0) is 0 Å². The van der Waals surface area contributed by atoms with E-state index in [0.29, 0.717) is 5.82 Å². The standard InChI is InChI=1S/C19H15BrIN5/c1-2-4-14(11-5-3-6-13(20)7-11)15-10-22-19-16(15)17(21)25-18(26-19)12-8-23-24-9-12/h2-3,5-10,14H,1,4H2,(H,23,24)(H,22,25,26). The minimum atomic E-state index is 0.190. The highest BCUT2D eigenvalue weighted by Crippen LogP contribution is 2.36. The molecule has 26 heavy (non-hydrogen) atoms. The van der Waals surface area contributed by atoms with Gasteiger partial charge in [0.2, 0.25) is 0 Å². The molecule has 0 aliphatic rings. The van der Waals surface area contributed by atoms with Crippen molar-refractivity contribution >= 4 is 49.6 Å². The number of aromatic amines is 2. The fraction of sp³-hybridized carbons (Fsp3) is 0.105. The fourth-order valence-corrected chi connectivity index (χ4v) is 4.33. The summed E-state index contributed by atoms with van der Waals surface area (Å²) in [4.78, 5) is 12.7. The number of hydrogen-bond donors (Lipinski definition) is 2. The molecule has 0 amide bonds. The van der Waals surface area contributed by atoms with Crippen molar-refractivity contribution in [1.29, 1.82) is 0 Å². The van der Waals surface area contributed by atoms with Gasteiger partial charge in [-0.25, -0.2) is 9.97 Å². The van der Waals surface area contributed by atoms with Gasteiger partial charge < -0.3 is 4.98 Å². The molecule has 0 saturated heterocycles. The van der Waals surface area contributed by atoms with Gasteiger partial charge in [-0.2, -0.15) is 5.10 Å². The molecule has 5 nitrogen and oxygen atoms in total. The first-order valence-electron chi connectivity index (χ1n) is 8.07. The van der Waals surface area contributed by atoms with Crippen LogP contribution in [0.4, 0.5) is 0 Å². The summed E-state index contributed by atoms with van der Waals surface area (Å²) < 4.78 is 1.99. The van der Waals surface area contributed by atoms with Crippen LogP contribution < -0.4 is 0 Å². The van der Waals surface area contributed by atoms with Gasteiger partial charge in [-0.05, 0) is 52.3 Å². The van der Waals surface area contributed by atoms with Crippen LogP contribution in [0.15, 0.2) is 60.0 Å². The van der Waals surface area contributed by atoms with Crippen molar-refractivity contribution in [2.75, 3.05) is 0 Å². The van der Waals surface area contributed by atoms with Crippen LogP contribution in [0.5, 0.6) is 0 Å². The van der Waals surface area contributed by atoms with Gasteiger partial charge in [0.1, 0.15) is 9.35 Å². The minimum absolute atomic E-state index is 0.190. The molecular weight excluding hydrogens is 505 g/mol. The first-order chi connectivity index (χ1) is 12.7. The molecule has 1 atom stereocenters. The molecule has 4 aromatic rings. The molecule has 0 aliphatic carbocycles. The Bertz CT molecular complexity index is 1070. The third kappa shape index (κ3) is 3.21. The molecule has 130 valence electrons. The van der Waals surface area contributed by atoms with Crippen LogP contribution in [-0.4, -0.2) is 25.1 Å². The second kappa shape index (κ2) is 7.32. The van der Waals surface area contributed by atoms with Gasteiger partial charge in [0.15, 0.2) is 5.82 Å². The van der Waals surface area contributed by atoms with Crippen molar-refractivity contribution in [3.05, 3.63) is 74.8 Å². The summed E-state index contributed by atoms with van der Waals surface area (Å²) in [6.07, 6.45) is 8.35. The Labute approximate surface area is 172 Å². The largest absolute Gasteiger partial charge is 0.346 e. The van der Waals surface area contributed by atoms with E-state index >= 15 is 0 Å². The fourth-order valence-electron chi connectivity index (χ4n) is 3.12. The zero-order chi connectivity index (χ0) is 18.1. The number of H-pyrrole nitrogens is 2. The topological polar surface area (TPSA) is 70.2 Å². The summed E-state index contributed by atoms with van der Waals surface area (Å²) in [7, 11) is 0. The van der Waals surface area contributed by atoms with Gasteiger partial charge in [0.25, 0.3) is 0 Å². The number of nitrogens with one attached hydrogen (secondary N) is 2. The molecular formula is C19H15BrIN5. The van der Waals surface area contributed by atoms with Crippen molar-refractivity contribution in [2.24, 2.45) is 0 Å². The maximum Gasteiger partial charge on any atom is 0.165 e. The molecule has 1 unspecified atom stereocenters. The average molecular weight is 520 g/mol. The first-order valence-corrected chi connectivity index (χ1v) is 9.94. The summed E-state index contributed by atoms with van der Waals surface area (Å²) in [5.41, 5.74) is 4.12. The maximum atomic E-state index is 4.69. The summed E-state index contributed by atoms with van der Waals surface area (Å²) in [5.74, 6) is 0.849. The van der Waals surface area contributed by atoms with Gasteiger partial charge in [0, 0.05) is 22.8 Å². The summed E-state index contributed by atoms with van der Waals surface area (Å²) >= 11 is 5.85. The Morgan fingerprint density at radius 3 is 2.88 bits per heavy atom. The molecule has 2 N–H and O–H groups in total. The van der Waals surface area contributed by atoms with Gasteiger partial charge in [-0.3, -0.25) is 5.10 Å². The van der Waals surface area contributed by atoms with E-state index < -0.39 is 0 Å². The predicted molar refractivity (Wildman–Crippen MR) is 115 cm³/mol. The molecule has 0 bridgehead atoms. The second-order valence-corrected chi connectivity index (χ2v) is 7.86. The van der Waals surface area contributed by atoms with Crippen LogP contribution in [0.25, 0.3) is 22.4 Å². The Balaban J connectivity index is 1.86. The molecule has 0 fully saturated rings. The summed E-state index contributed by atoms with van der Waals surface area (Å²) in [6.45, 7) is 3.94. The number of benzene rings is 1. The Hall–Kier alpha value is -2.00. The molecule has 3 heterocycles. The van der Waals surface area contributed by atoms with E-state index in [1.165, 1.54) is 11.1 Å². The van der Waals surface area contributed by atoms with Crippen LogP contribution in [0.2, 0.25) is 0 Å². The van der Waals surface area contributed by atoms with Crippen LogP contribution in [0, 0.1) is 3.70 Å². The molecule has 1 aromatic carbocycles. The Kier molecular flexibility index (Phi) is 4.90. The highest BCUT2D eigenvalue weighted by molar-refractivity contribution is 14.1. The average Bonchev–Trinajstić information content (AvgIpc) is 3.29. The zero-order valence-corrected chi connectivity index (χ0v) is 17.5. The summed E-state index contributed by atoms with van der Waals surface area (Å²) in [5, 5.41) is 7.85. The van der Waals surface area contributed by atoms with Crippen molar-refractivity contribution in [1.82, 2.24) is 25.1 Å². The van der Waals surface area contributed by atoms with Gasteiger partial charge >= 0.3 is 0 Å². The lowest BCUT2D eigenvalue weighted by atomic mass is 9.89. The van der Waals surface area contributed by atoms with E-state index in [0.717, 1.165) is 31.2 Å². The van der Waals surface area contributed by atoms with Gasteiger partial charge in [0.05, 0.1) is 17.1 Å². The lowest BCUT2D eigenvalue weighted by Crippen LogP contribution is -2.01. The molecule has 0 spiro atoms. The van der Waals surface area contributed by atoms with Crippen molar-refractivity contribution in [2.45, 2.75) is 12.3 Å². The van der Waals surface area contributed by atoms with Crippen LogP contribution >= 0.6 is 38.5 Å². The second-order valence-electron chi connectivity index (χ2n) is 5.92. The van der Waals surface area contributed by atoms with Crippen molar-refractivity contribution in [3.63, 3.8) is 0 Å². The van der Waals surface area contributed by atoms with Gasteiger partial charge in [-0.1, -0.05) is 34.1 Å². The smallest absolute Gasteiger partial charge is 0.165 e. The van der Waals surface area contributed by atoms with E-state index in [4.69, 9.17) is 4.98 Å². The predicted octanol–water partition coefficient (Wildman–Crippen LogP) is 5.42. The summed E-state index contributed by atoms with van der Waals surface area (Å²) in [6, 6.07) is 8.39. The van der Waals surface area contributed by atoms with E-state index in [-0.39, 0.29) is 5.92 Å². The molecule has 0 radical (unpaired) electrons. The van der Waals surface area contributed by atoms with Crippen LogP contribution in [0.1, 0.15) is 23.5 Å². The lowest BCUT2D eigenvalue weighted by molar-refractivity contribution is 0.836. The van der Waals surface area contributed by atoms with Crippen molar-refractivity contribution < 1.29 is 0 Å². The maximum absolute atomic E-state index is 4.69. The van der Waals surface area contributed by atoms with E-state index in [1.807, 2.05) is 18.3 Å². The van der Waals surface area contributed by atoms with E-state index in [9.17, 15) is 0 Å². The highest BCUT2D eigenvalue weighted by Gasteiger charge is 2.21. The monoisotopic (exact) mass is 519 g/mol. The Morgan fingerprint density at radius 1 is 1.27 bits per heavy atom. The van der Waals surface area contributed by atoms with Gasteiger partial charge in [-0.15, -0.1) is 6.58 Å². The molecule has 3 aromatic heterocycles. The molecule has 4 rings (SSSR count). The molecule has 0 aliphatic heterocycles. The lowest BCUT2D eigenvalue weighted by Gasteiger charge is -2.16. The SMILES string of the molecule is C=CCC(c1cccc(Br)c1)c1c[nH]c2nc(-c3cn[nH]c3)nc(I)c12. The van der Waals surface area contributed by atoms with E-state index in [1.54, 1.807) is 12.4 Å². The third-order valence-corrected chi connectivity index (χ3v) is 5.58. The number of hydrogen-bond acceptors (Lipinski definition) is 3. The Morgan fingerprint density at radius 2 is 2.15 bits per heavy atom. The normalized spacial score (nSPS) is 12.4. The molecule has 0 saturated carbocycles. The quantitative estimate of drug-likeness (QED) is 0.210. The number of rotatable bonds is 5. The molecule has 7 heteroatoms. The minimum Gasteiger partial charge on any atom is -0.346 e. The number of aromatic nitrogens is 5. The number of fused-ring (bicyclic) bond motifs is 1.